The number of amides is 2. The minimum Gasteiger partial charge on any atom is -0.469 e. The van der Waals surface area contributed by atoms with E-state index in [-0.39, 0.29) is 24.3 Å². The molecule has 0 aliphatic rings. The average Bonchev–Trinajstić information content (AvgIpc) is 2.79. The quantitative estimate of drug-likeness (QED) is 0.801. The Morgan fingerprint density at radius 3 is 2.60 bits per heavy atom. The van der Waals surface area contributed by atoms with Gasteiger partial charge in [-0.2, -0.15) is 0 Å². The highest BCUT2D eigenvalue weighted by Crippen LogP contribution is 2.10. The Balaban J connectivity index is 2.43. The highest BCUT2D eigenvalue weighted by Gasteiger charge is 2.19. The van der Waals surface area contributed by atoms with Gasteiger partial charge in [-0.15, -0.1) is 0 Å². The Kier molecular flexibility index (Phi) is 5.76. The maximum Gasteiger partial charge on any atom is 0.242 e. The molecule has 0 radical (unpaired) electrons. The first-order valence-corrected chi connectivity index (χ1v) is 6.63. The Morgan fingerprint density at radius 2 is 2.10 bits per heavy atom. The molecule has 0 unspecified atom stereocenters. The molecule has 0 saturated carbocycles. The van der Waals surface area contributed by atoms with Crippen molar-refractivity contribution < 1.29 is 14.0 Å². The highest BCUT2D eigenvalue weighted by molar-refractivity contribution is 5.87. The van der Waals surface area contributed by atoms with Crippen LogP contribution in [-0.4, -0.2) is 36.3 Å². The number of nitrogens with one attached hydrogen (secondary N) is 1. The first-order valence-electron chi connectivity index (χ1n) is 6.63. The molecule has 3 N–H and O–H groups in total. The number of furan rings is 1. The fourth-order valence-electron chi connectivity index (χ4n) is 1.64. The SMILES string of the molecule is Cc1occc1CN(C)C(=O)CNC(=O)[C@@H](N)C(C)C. The first kappa shape index (κ1) is 16.2. The van der Waals surface area contributed by atoms with Crippen LogP contribution in [0.1, 0.15) is 25.2 Å². The number of hydrogen-bond donors (Lipinski definition) is 2. The van der Waals surface area contributed by atoms with Gasteiger partial charge in [0.05, 0.1) is 18.8 Å². The van der Waals surface area contributed by atoms with Crippen LogP contribution >= 0.6 is 0 Å². The second-order valence-corrected chi connectivity index (χ2v) is 5.24. The number of nitrogens with zero attached hydrogens (tertiary/aromatic N) is 1. The molecule has 20 heavy (non-hydrogen) atoms. The number of nitrogens with two attached hydrogens (primary N) is 1. The van der Waals surface area contributed by atoms with Crippen molar-refractivity contribution in [3.05, 3.63) is 23.7 Å². The minimum absolute atomic E-state index is 0.0383. The third-order valence-electron chi connectivity index (χ3n) is 3.23. The summed E-state index contributed by atoms with van der Waals surface area (Å²) >= 11 is 0. The van der Waals surface area contributed by atoms with Gasteiger partial charge in [0.1, 0.15) is 5.76 Å². The topological polar surface area (TPSA) is 88.6 Å². The van der Waals surface area contributed by atoms with Crippen molar-refractivity contribution in [2.75, 3.05) is 13.6 Å². The van der Waals surface area contributed by atoms with Crippen molar-refractivity contribution in [2.45, 2.75) is 33.4 Å². The lowest BCUT2D eigenvalue weighted by Crippen LogP contribution is -2.47. The average molecular weight is 281 g/mol. The summed E-state index contributed by atoms with van der Waals surface area (Å²) in [7, 11) is 1.68. The predicted octanol–water partition coefficient (Wildman–Crippen LogP) is 0.646. The second kappa shape index (κ2) is 7.09. The molecule has 0 spiro atoms. The number of carbonyl (C=O) groups is 2. The first-order chi connectivity index (χ1) is 9.32. The molecule has 6 heteroatoms. The van der Waals surface area contributed by atoms with Crippen molar-refractivity contribution >= 4 is 11.8 Å². The van der Waals surface area contributed by atoms with Gasteiger partial charge in [0.15, 0.2) is 0 Å². The molecule has 1 aromatic rings. The minimum atomic E-state index is -0.593. The van der Waals surface area contributed by atoms with Crippen LogP contribution in [0.25, 0.3) is 0 Å². The molecule has 112 valence electrons. The molecule has 0 aliphatic carbocycles. The molecule has 0 saturated heterocycles. The molecule has 1 aromatic heterocycles. The van der Waals surface area contributed by atoms with Crippen molar-refractivity contribution in [1.29, 1.82) is 0 Å². The maximum absolute atomic E-state index is 11.9. The normalized spacial score (nSPS) is 12.3. The summed E-state index contributed by atoms with van der Waals surface area (Å²) < 4.78 is 5.18. The zero-order valence-corrected chi connectivity index (χ0v) is 12.5. The van der Waals surface area contributed by atoms with E-state index in [1.165, 1.54) is 0 Å². The van der Waals surface area contributed by atoms with Crippen LogP contribution in [0, 0.1) is 12.8 Å². The van der Waals surface area contributed by atoms with Crippen molar-refractivity contribution in [1.82, 2.24) is 10.2 Å². The van der Waals surface area contributed by atoms with Gasteiger partial charge in [0.2, 0.25) is 11.8 Å². The van der Waals surface area contributed by atoms with Gasteiger partial charge in [-0.1, -0.05) is 13.8 Å². The fraction of sp³-hybridized carbons (Fsp3) is 0.571. The Hall–Kier alpha value is -1.82. The summed E-state index contributed by atoms with van der Waals surface area (Å²) in [6.07, 6.45) is 1.59. The van der Waals surface area contributed by atoms with Crippen LogP contribution < -0.4 is 11.1 Å². The fourth-order valence-corrected chi connectivity index (χ4v) is 1.64. The van der Waals surface area contributed by atoms with Crippen molar-refractivity contribution in [3.8, 4) is 0 Å². The standard InChI is InChI=1S/C14H23N3O3/c1-9(2)13(15)14(19)16-7-12(18)17(4)8-11-5-6-20-10(11)3/h5-6,9,13H,7-8,15H2,1-4H3,(H,16,19)/t13-/m0/s1. The van der Waals surface area contributed by atoms with Crippen LogP contribution in [0.3, 0.4) is 0 Å². The smallest absolute Gasteiger partial charge is 0.242 e. The van der Waals surface area contributed by atoms with Gasteiger partial charge in [0, 0.05) is 19.2 Å². The monoisotopic (exact) mass is 281 g/mol. The van der Waals surface area contributed by atoms with Crippen molar-refractivity contribution in [2.24, 2.45) is 11.7 Å². The molecule has 0 aromatic carbocycles. The number of rotatable bonds is 6. The number of hydrogen-bond acceptors (Lipinski definition) is 4. The van der Waals surface area contributed by atoms with E-state index in [0.717, 1.165) is 11.3 Å². The van der Waals surface area contributed by atoms with E-state index in [1.807, 2.05) is 26.8 Å². The van der Waals surface area contributed by atoms with Crippen molar-refractivity contribution in [3.63, 3.8) is 0 Å². The summed E-state index contributed by atoms with van der Waals surface area (Å²) in [6, 6.07) is 1.23. The molecule has 0 bridgehead atoms. The number of carbonyl (C=O) groups excluding carboxylic acids is 2. The van der Waals surface area contributed by atoms with Crippen LogP contribution in [0.15, 0.2) is 16.7 Å². The Morgan fingerprint density at radius 1 is 1.45 bits per heavy atom. The van der Waals surface area contributed by atoms with Gasteiger partial charge in [0.25, 0.3) is 0 Å². The summed E-state index contributed by atoms with van der Waals surface area (Å²) in [5.74, 6) is 0.350. The van der Waals surface area contributed by atoms with Crippen LogP contribution in [0.2, 0.25) is 0 Å². The second-order valence-electron chi connectivity index (χ2n) is 5.24. The molecule has 1 heterocycles. The van der Waals surface area contributed by atoms with E-state index in [2.05, 4.69) is 5.32 Å². The lowest BCUT2D eigenvalue weighted by molar-refractivity contribution is -0.132. The molecule has 0 aliphatic heterocycles. The summed E-state index contributed by atoms with van der Waals surface area (Å²) in [5.41, 5.74) is 6.65. The van der Waals surface area contributed by atoms with Gasteiger partial charge < -0.3 is 20.4 Å². The molecule has 6 nitrogen and oxygen atoms in total. The largest absolute Gasteiger partial charge is 0.469 e. The van der Waals surface area contributed by atoms with Gasteiger partial charge in [-0.25, -0.2) is 0 Å². The predicted molar refractivity (Wildman–Crippen MR) is 75.7 cm³/mol. The number of likely N-dealkylation sites (N-methyl/N-ethyl adjacent to an activating group) is 1. The molecule has 1 atom stereocenters. The highest BCUT2D eigenvalue weighted by atomic mass is 16.3. The third kappa shape index (κ3) is 4.38. The maximum atomic E-state index is 11.9. The molecule has 0 fully saturated rings. The van der Waals surface area contributed by atoms with Crippen LogP contribution in [-0.2, 0) is 16.1 Å². The molecular weight excluding hydrogens is 258 g/mol. The summed E-state index contributed by atoms with van der Waals surface area (Å²) in [4.78, 5) is 25.1. The number of aryl methyl sites for hydroxylation is 1. The van der Waals surface area contributed by atoms with E-state index in [1.54, 1.807) is 18.2 Å². The molecule has 2 amide bonds. The van der Waals surface area contributed by atoms with E-state index in [0.29, 0.717) is 6.54 Å². The summed E-state index contributed by atoms with van der Waals surface area (Å²) in [6.45, 7) is 5.97. The zero-order chi connectivity index (χ0) is 15.3. The van der Waals surface area contributed by atoms with E-state index in [4.69, 9.17) is 10.2 Å². The van der Waals surface area contributed by atoms with Gasteiger partial charge >= 0.3 is 0 Å². The lowest BCUT2D eigenvalue weighted by Gasteiger charge is -2.19. The lowest BCUT2D eigenvalue weighted by atomic mass is 10.1. The Labute approximate surface area is 119 Å². The summed E-state index contributed by atoms with van der Waals surface area (Å²) in [5, 5.41) is 2.56. The molecular formula is C14H23N3O3. The van der Waals surface area contributed by atoms with Crippen LogP contribution in [0.5, 0.6) is 0 Å². The zero-order valence-electron chi connectivity index (χ0n) is 12.5. The van der Waals surface area contributed by atoms with E-state index >= 15 is 0 Å². The Bertz CT molecular complexity index is 468. The van der Waals surface area contributed by atoms with Gasteiger partial charge in [-0.3, -0.25) is 9.59 Å². The van der Waals surface area contributed by atoms with E-state index in [9.17, 15) is 9.59 Å². The van der Waals surface area contributed by atoms with Gasteiger partial charge in [-0.05, 0) is 18.9 Å². The van der Waals surface area contributed by atoms with E-state index < -0.39 is 6.04 Å². The van der Waals surface area contributed by atoms with Crippen LogP contribution in [0.4, 0.5) is 0 Å². The third-order valence-corrected chi connectivity index (χ3v) is 3.23. The molecule has 1 rings (SSSR count).